The minimum Gasteiger partial charge on any atom is -0.318 e. The molecule has 0 radical (unpaired) electrons. The maximum absolute atomic E-state index is 13.2. The van der Waals surface area contributed by atoms with Gasteiger partial charge in [-0.1, -0.05) is 11.6 Å². The SMILES string of the molecule is Cc1cc(/C=C2/NC(=O)N(c3ccc(Cl)cc3)C2=O)c(C)n1-c1ccc(F)cc1. The zero-order chi connectivity index (χ0) is 20.7. The lowest BCUT2D eigenvalue weighted by molar-refractivity contribution is -0.113. The van der Waals surface area contributed by atoms with Gasteiger partial charge in [-0.2, -0.15) is 0 Å². The van der Waals surface area contributed by atoms with Gasteiger partial charge in [-0.3, -0.25) is 4.79 Å². The Balaban J connectivity index is 1.69. The number of nitrogens with zero attached hydrogens (tertiary/aromatic N) is 2. The molecular formula is C22H17ClFN3O2. The van der Waals surface area contributed by atoms with E-state index in [1.807, 2.05) is 24.5 Å². The van der Waals surface area contributed by atoms with Gasteiger partial charge in [-0.05, 0) is 80.1 Å². The van der Waals surface area contributed by atoms with Crippen LogP contribution in [0.4, 0.5) is 14.9 Å². The average Bonchev–Trinajstić information content (AvgIpc) is 3.12. The Morgan fingerprint density at radius 3 is 2.24 bits per heavy atom. The van der Waals surface area contributed by atoms with Gasteiger partial charge < -0.3 is 9.88 Å². The van der Waals surface area contributed by atoms with Crippen LogP contribution in [0.5, 0.6) is 0 Å². The van der Waals surface area contributed by atoms with Gasteiger partial charge in [0.25, 0.3) is 5.91 Å². The summed E-state index contributed by atoms with van der Waals surface area (Å²) in [7, 11) is 0. The van der Waals surface area contributed by atoms with E-state index in [0.717, 1.165) is 27.5 Å². The Labute approximate surface area is 172 Å². The number of aromatic nitrogens is 1. The molecule has 4 rings (SSSR count). The number of hydrogen-bond donors (Lipinski definition) is 1. The minimum absolute atomic E-state index is 0.185. The highest BCUT2D eigenvalue weighted by atomic mass is 35.5. The molecule has 1 fully saturated rings. The second kappa shape index (κ2) is 7.22. The summed E-state index contributed by atoms with van der Waals surface area (Å²) in [6, 6.07) is 14.0. The van der Waals surface area contributed by atoms with Crippen LogP contribution < -0.4 is 10.2 Å². The fourth-order valence-electron chi connectivity index (χ4n) is 3.44. The number of hydrogen-bond acceptors (Lipinski definition) is 2. The Kier molecular flexibility index (Phi) is 4.72. The van der Waals surface area contributed by atoms with Crippen molar-refractivity contribution in [3.63, 3.8) is 0 Å². The Bertz CT molecular complexity index is 1150. The van der Waals surface area contributed by atoms with Gasteiger partial charge in [0.1, 0.15) is 11.5 Å². The predicted molar refractivity (Wildman–Crippen MR) is 111 cm³/mol. The molecule has 29 heavy (non-hydrogen) atoms. The molecule has 0 bridgehead atoms. The molecule has 1 N–H and O–H groups in total. The third kappa shape index (κ3) is 3.43. The second-order valence-electron chi connectivity index (χ2n) is 6.74. The van der Waals surface area contributed by atoms with Gasteiger partial charge >= 0.3 is 6.03 Å². The van der Waals surface area contributed by atoms with Crippen LogP contribution in [0.3, 0.4) is 0 Å². The molecule has 0 aliphatic carbocycles. The molecule has 0 spiro atoms. The smallest absolute Gasteiger partial charge is 0.318 e. The third-order valence-electron chi connectivity index (χ3n) is 4.82. The van der Waals surface area contributed by atoms with Gasteiger partial charge in [0.2, 0.25) is 0 Å². The van der Waals surface area contributed by atoms with E-state index in [1.54, 1.807) is 42.5 Å². The number of urea groups is 1. The molecule has 5 nitrogen and oxygen atoms in total. The van der Waals surface area contributed by atoms with Crippen molar-refractivity contribution in [3.8, 4) is 5.69 Å². The molecule has 1 saturated heterocycles. The standard InChI is InChI=1S/C22H17ClFN3O2/c1-13-11-15(14(2)26(13)18-9-5-17(24)6-10-18)12-20-21(28)27(22(29)25-20)19-7-3-16(23)4-8-19/h3-12H,1-2H3,(H,25,29)/b20-12+. The van der Waals surface area contributed by atoms with E-state index in [1.165, 1.54) is 12.1 Å². The summed E-state index contributed by atoms with van der Waals surface area (Å²) < 4.78 is 15.2. The number of amides is 3. The van der Waals surface area contributed by atoms with Crippen LogP contribution in [0, 0.1) is 19.7 Å². The first-order valence-corrected chi connectivity index (χ1v) is 9.30. The second-order valence-corrected chi connectivity index (χ2v) is 7.18. The molecule has 3 amide bonds. The highest BCUT2D eigenvalue weighted by molar-refractivity contribution is 6.31. The number of rotatable bonds is 3. The van der Waals surface area contributed by atoms with Crippen molar-refractivity contribution in [2.24, 2.45) is 0 Å². The summed E-state index contributed by atoms with van der Waals surface area (Å²) in [5.41, 5.74) is 4.02. The van der Waals surface area contributed by atoms with E-state index >= 15 is 0 Å². The zero-order valence-corrected chi connectivity index (χ0v) is 16.5. The maximum atomic E-state index is 13.2. The lowest BCUT2D eigenvalue weighted by Gasteiger charge is -2.11. The maximum Gasteiger partial charge on any atom is 0.333 e. The molecular weight excluding hydrogens is 393 g/mol. The van der Waals surface area contributed by atoms with E-state index in [2.05, 4.69) is 5.32 Å². The number of carbonyl (C=O) groups is 2. The highest BCUT2D eigenvalue weighted by Crippen LogP contribution is 2.26. The first-order chi connectivity index (χ1) is 13.8. The Morgan fingerprint density at radius 1 is 0.966 bits per heavy atom. The molecule has 3 aromatic rings. The Hall–Kier alpha value is -3.38. The van der Waals surface area contributed by atoms with Gasteiger partial charge in [-0.25, -0.2) is 14.1 Å². The van der Waals surface area contributed by atoms with Crippen LogP contribution >= 0.6 is 11.6 Å². The van der Waals surface area contributed by atoms with Gasteiger partial charge in [0.15, 0.2) is 0 Å². The zero-order valence-electron chi connectivity index (χ0n) is 15.7. The van der Waals surface area contributed by atoms with Gasteiger partial charge in [0, 0.05) is 22.1 Å². The average molecular weight is 410 g/mol. The highest BCUT2D eigenvalue weighted by Gasteiger charge is 2.35. The van der Waals surface area contributed by atoms with Crippen molar-refractivity contribution in [1.82, 2.24) is 9.88 Å². The molecule has 1 aliphatic rings. The van der Waals surface area contributed by atoms with Crippen molar-refractivity contribution in [2.45, 2.75) is 13.8 Å². The number of imide groups is 1. The predicted octanol–water partition coefficient (Wildman–Crippen LogP) is 4.98. The molecule has 1 aromatic heterocycles. The van der Waals surface area contributed by atoms with Crippen LogP contribution in [0.2, 0.25) is 5.02 Å². The summed E-state index contributed by atoms with van der Waals surface area (Å²) in [4.78, 5) is 26.2. The topological polar surface area (TPSA) is 54.3 Å². The molecule has 146 valence electrons. The monoisotopic (exact) mass is 409 g/mol. The fourth-order valence-corrected chi connectivity index (χ4v) is 3.56. The summed E-state index contributed by atoms with van der Waals surface area (Å²) in [5.74, 6) is -0.746. The van der Waals surface area contributed by atoms with Crippen molar-refractivity contribution < 1.29 is 14.0 Å². The van der Waals surface area contributed by atoms with Crippen molar-refractivity contribution in [2.75, 3.05) is 4.90 Å². The normalized spacial score (nSPS) is 15.3. The van der Waals surface area contributed by atoms with E-state index in [0.29, 0.717) is 10.7 Å². The minimum atomic E-state index is -0.518. The van der Waals surface area contributed by atoms with Crippen molar-refractivity contribution >= 4 is 35.3 Å². The Morgan fingerprint density at radius 2 is 1.59 bits per heavy atom. The van der Waals surface area contributed by atoms with Crippen LogP contribution in [-0.2, 0) is 4.79 Å². The van der Waals surface area contributed by atoms with Crippen LogP contribution in [0.15, 0.2) is 60.3 Å². The number of carbonyl (C=O) groups excluding carboxylic acids is 2. The van der Waals surface area contributed by atoms with E-state index < -0.39 is 11.9 Å². The summed E-state index contributed by atoms with van der Waals surface area (Å²) in [6.07, 6.45) is 1.65. The van der Waals surface area contributed by atoms with Crippen molar-refractivity contribution in [1.29, 1.82) is 0 Å². The lowest BCUT2D eigenvalue weighted by Crippen LogP contribution is -2.30. The van der Waals surface area contributed by atoms with Crippen molar-refractivity contribution in [3.05, 3.63) is 88.1 Å². The van der Waals surface area contributed by atoms with E-state index in [-0.39, 0.29) is 11.5 Å². The third-order valence-corrected chi connectivity index (χ3v) is 5.07. The number of nitrogens with one attached hydrogen (secondary N) is 1. The molecule has 0 atom stereocenters. The van der Waals surface area contributed by atoms with Crippen LogP contribution in [0.1, 0.15) is 17.0 Å². The summed E-state index contributed by atoms with van der Waals surface area (Å²) >= 11 is 5.88. The quantitative estimate of drug-likeness (QED) is 0.489. The largest absolute Gasteiger partial charge is 0.333 e. The van der Waals surface area contributed by atoms with Gasteiger partial charge in [0.05, 0.1) is 5.69 Å². The van der Waals surface area contributed by atoms with Crippen LogP contribution in [0.25, 0.3) is 11.8 Å². The molecule has 0 unspecified atom stereocenters. The first kappa shape index (κ1) is 19.0. The fraction of sp³-hybridized carbons (Fsp3) is 0.0909. The lowest BCUT2D eigenvalue weighted by atomic mass is 10.2. The molecule has 2 heterocycles. The van der Waals surface area contributed by atoms with E-state index in [9.17, 15) is 14.0 Å². The van der Waals surface area contributed by atoms with E-state index in [4.69, 9.17) is 11.6 Å². The molecule has 2 aromatic carbocycles. The van der Waals surface area contributed by atoms with Crippen LogP contribution in [-0.4, -0.2) is 16.5 Å². The number of benzene rings is 2. The number of halogens is 2. The summed E-state index contributed by atoms with van der Waals surface area (Å²) in [6.45, 7) is 3.83. The molecule has 1 aliphatic heterocycles. The molecule has 0 saturated carbocycles. The number of aryl methyl sites for hydroxylation is 1. The first-order valence-electron chi connectivity index (χ1n) is 8.93. The molecule has 7 heteroatoms. The number of anilines is 1. The summed E-state index contributed by atoms with van der Waals surface area (Å²) in [5, 5.41) is 3.14. The van der Waals surface area contributed by atoms with Gasteiger partial charge in [-0.15, -0.1) is 0 Å².